The number of aryl methyl sites for hydroxylation is 2. The van der Waals surface area contributed by atoms with Crippen molar-refractivity contribution in [1.29, 1.82) is 0 Å². The SMILES string of the molecule is Cn1cncc1C(=O)N1CCCc2ccccc2C1. The van der Waals surface area contributed by atoms with Gasteiger partial charge in [-0.25, -0.2) is 4.98 Å². The molecule has 1 aliphatic heterocycles. The van der Waals surface area contributed by atoms with Crippen molar-refractivity contribution < 1.29 is 4.79 Å². The van der Waals surface area contributed by atoms with E-state index in [9.17, 15) is 4.79 Å². The summed E-state index contributed by atoms with van der Waals surface area (Å²) in [6.07, 6.45) is 5.37. The maximum Gasteiger partial charge on any atom is 0.272 e. The molecule has 0 fully saturated rings. The zero-order chi connectivity index (χ0) is 13.2. The number of amides is 1. The molecule has 4 nitrogen and oxygen atoms in total. The summed E-state index contributed by atoms with van der Waals surface area (Å²) < 4.78 is 1.78. The molecule has 0 spiro atoms. The first-order valence-corrected chi connectivity index (χ1v) is 6.58. The van der Waals surface area contributed by atoms with Gasteiger partial charge in [0, 0.05) is 20.1 Å². The third-order valence-electron chi connectivity index (χ3n) is 3.68. The van der Waals surface area contributed by atoms with Gasteiger partial charge in [0.15, 0.2) is 0 Å². The molecule has 1 aromatic heterocycles. The van der Waals surface area contributed by atoms with E-state index in [0.29, 0.717) is 12.2 Å². The summed E-state index contributed by atoms with van der Waals surface area (Å²) >= 11 is 0. The molecular weight excluding hydrogens is 238 g/mol. The van der Waals surface area contributed by atoms with Crippen LogP contribution in [0.4, 0.5) is 0 Å². The van der Waals surface area contributed by atoms with Crippen molar-refractivity contribution in [1.82, 2.24) is 14.5 Å². The predicted octanol–water partition coefficient (Wildman–Crippen LogP) is 2.01. The molecule has 19 heavy (non-hydrogen) atoms. The van der Waals surface area contributed by atoms with E-state index in [1.165, 1.54) is 11.1 Å². The zero-order valence-corrected chi connectivity index (χ0v) is 11.0. The highest BCUT2D eigenvalue weighted by atomic mass is 16.2. The van der Waals surface area contributed by atoms with Crippen LogP contribution in [-0.2, 0) is 20.0 Å². The Labute approximate surface area is 112 Å². The first kappa shape index (κ1) is 12.0. The van der Waals surface area contributed by atoms with Crippen molar-refractivity contribution in [3.8, 4) is 0 Å². The standard InChI is InChI=1S/C15H17N3O/c1-17-11-16-9-14(17)15(19)18-8-4-7-12-5-2-3-6-13(12)10-18/h2-3,5-6,9,11H,4,7-8,10H2,1H3. The largest absolute Gasteiger partial charge is 0.333 e. The first-order chi connectivity index (χ1) is 9.25. The Morgan fingerprint density at radius 3 is 2.79 bits per heavy atom. The van der Waals surface area contributed by atoms with Gasteiger partial charge in [-0.15, -0.1) is 0 Å². The van der Waals surface area contributed by atoms with Crippen molar-refractivity contribution in [3.63, 3.8) is 0 Å². The molecule has 0 saturated carbocycles. The summed E-state index contributed by atoms with van der Waals surface area (Å²) in [5, 5.41) is 0. The van der Waals surface area contributed by atoms with Crippen molar-refractivity contribution in [2.24, 2.45) is 7.05 Å². The second kappa shape index (κ2) is 4.88. The van der Waals surface area contributed by atoms with Crippen LogP contribution < -0.4 is 0 Å². The summed E-state index contributed by atoms with van der Waals surface area (Å²) in [4.78, 5) is 18.4. The number of fused-ring (bicyclic) bond motifs is 1. The number of hydrogen-bond acceptors (Lipinski definition) is 2. The second-order valence-electron chi connectivity index (χ2n) is 4.99. The van der Waals surface area contributed by atoms with Crippen LogP contribution in [0.1, 0.15) is 28.0 Å². The molecule has 0 radical (unpaired) electrons. The average molecular weight is 255 g/mol. The first-order valence-electron chi connectivity index (χ1n) is 6.58. The lowest BCUT2D eigenvalue weighted by atomic mass is 10.0. The third kappa shape index (κ3) is 2.26. The molecule has 4 heteroatoms. The fourth-order valence-electron chi connectivity index (χ4n) is 2.60. The molecule has 0 unspecified atom stereocenters. The Bertz CT molecular complexity index is 603. The summed E-state index contributed by atoms with van der Waals surface area (Å²) in [6.45, 7) is 1.50. The fraction of sp³-hybridized carbons (Fsp3) is 0.333. The smallest absolute Gasteiger partial charge is 0.272 e. The van der Waals surface area contributed by atoms with Gasteiger partial charge in [0.1, 0.15) is 5.69 Å². The van der Waals surface area contributed by atoms with Gasteiger partial charge < -0.3 is 9.47 Å². The van der Waals surface area contributed by atoms with Gasteiger partial charge in [-0.05, 0) is 24.0 Å². The summed E-state index contributed by atoms with van der Waals surface area (Å²) in [5.74, 6) is 0.0664. The summed E-state index contributed by atoms with van der Waals surface area (Å²) in [6, 6.07) is 8.38. The van der Waals surface area contributed by atoms with Crippen LogP contribution in [0.5, 0.6) is 0 Å². The van der Waals surface area contributed by atoms with Crippen LogP contribution >= 0.6 is 0 Å². The lowest BCUT2D eigenvalue weighted by molar-refractivity contribution is 0.0736. The molecule has 2 aromatic rings. The van der Waals surface area contributed by atoms with Crippen molar-refractivity contribution in [3.05, 3.63) is 53.6 Å². The minimum Gasteiger partial charge on any atom is -0.333 e. The maximum absolute atomic E-state index is 12.5. The predicted molar refractivity (Wildman–Crippen MR) is 72.7 cm³/mol. The topological polar surface area (TPSA) is 38.1 Å². The van der Waals surface area contributed by atoms with E-state index in [1.807, 2.05) is 18.0 Å². The van der Waals surface area contributed by atoms with Crippen LogP contribution in [0.15, 0.2) is 36.8 Å². The number of rotatable bonds is 1. The van der Waals surface area contributed by atoms with Crippen molar-refractivity contribution in [2.45, 2.75) is 19.4 Å². The highest BCUT2D eigenvalue weighted by Gasteiger charge is 2.21. The minimum atomic E-state index is 0.0664. The highest BCUT2D eigenvalue weighted by molar-refractivity contribution is 5.92. The van der Waals surface area contributed by atoms with Gasteiger partial charge >= 0.3 is 0 Å². The van der Waals surface area contributed by atoms with E-state index in [0.717, 1.165) is 19.4 Å². The van der Waals surface area contributed by atoms with Gasteiger partial charge in [0.25, 0.3) is 5.91 Å². The highest BCUT2D eigenvalue weighted by Crippen LogP contribution is 2.19. The molecule has 0 N–H and O–H groups in total. The van der Waals surface area contributed by atoms with Gasteiger partial charge in [0.2, 0.25) is 0 Å². The average Bonchev–Trinajstić information content (AvgIpc) is 2.73. The molecule has 98 valence electrons. The second-order valence-corrected chi connectivity index (χ2v) is 4.99. The van der Waals surface area contributed by atoms with E-state index in [1.54, 1.807) is 17.1 Å². The monoisotopic (exact) mass is 255 g/mol. The van der Waals surface area contributed by atoms with Crippen LogP contribution in [0, 0.1) is 0 Å². The van der Waals surface area contributed by atoms with Crippen molar-refractivity contribution in [2.75, 3.05) is 6.54 Å². The fourth-order valence-corrected chi connectivity index (χ4v) is 2.60. The Morgan fingerprint density at radius 1 is 1.26 bits per heavy atom. The van der Waals surface area contributed by atoms with Gasteiger partial charge in [-0.2, -0.15) is 0 Å². The number of carbonyl (C=O) groups excluding carboxylic acids is 1. The molecule has 0 bridgehead atoms. The molecule has 0 aliphatic carbocycles. The molecule has 1 aromatic carbocycles. The molecular formula is C15H17N3O. The van der Waals surface area contributed by atoms with Crippen LogP contribution in [0.2, 0.25) is 0 Å². The molecule has 0 atom stereocenters. The molecule has 0 saturated heterocycles. The van der Waals surface area contributed by atoms with E-state index in [2.05, 4.69) is 23.2 Å². The van der Waals surface area contributed by atoms with Gasteiger partial charge in [-0.3, -0.25) is 4.79 Å². The van der Waals surface area contributed by atoms with Crippen molar-refractivity contribution >= 4 is 5.91 Å². The van der Waals surface area contributed by atoms with Gasteiger partial charge in [0.05, 0.1) is 12.5 Å². The summed E-state index contributed by atoms with van der Waals surface area (Å²) in [7, 11) is 1.85. The number of imidazole rings is 1. The Balaban J connectivity index is 1.87. The number of nitrogens with zero attached hydrogens (tertiary/aromatic N) is 3. The Morgan fingerprint density at radius 2 is 2.05 bits per heavy atom. The Kier molecular flexibility index (Phi) is 3.07. The molecule has 2 heterocycles. The van der Waals surface area contributed by atoms with Crippen LogP contribution in [0.3, 0.4) is 0 Å². The van der Waals surface area contributed by atoms with E-state index in [4.69, 9.17) is 0 Å². The third-order valence-corrected chi connectivity index (χ3v) is 3.68. The lowest BCUT2D eigenvalue weighted by Gasteiger charge is -2.20. The summed E-state index contributed by atoms with van der Waals surface area (Å²) in [5.41, 5.74) is 3.28. The van der Waals surface area contributed by atoms with Crippen LogP contribution in [0.25, 0.3) is 0 Å². The number of aromatic nitrogens is 2. The molecule has 3 rings (SSSR count). The minimum absolute atomic E-state index is 0.0664. The van der Waals surface area contributed by atoms with Gasteiger partial charge in [-0.1, -0.05) is 24.3 Å². The number of carbonyl (C=O) groups is 1. The number of benzene rings is 1. The molecule has 1 amide bonds. The lowest BCUT2D eigenvalue weighted by Crippen LogP contribution is -2.31. The normalized spacial score (nSPS) is 14.9. The molecule has 1 aliphatic rings. The van der Waals surface area contributed by atoms with E-state index < -0.39 is 0 Å². The maximum atomic E-state index is 12.5. The van der Waals surface area contributed by atoms with E-state index in [-0.39, 0.29) is 5.91 Å². The van der Waals surface area contributed by atoms with E-state index >= 15 is 0 Å². The van der Waals surface area contributed by atoms with Crippen LogP contribution in [-0.4, -0.2) is 26.9 Å². The quantitative estimate of drug-likeness (QED) is 0.781. The number of hydrogen-bond donors (Lipinski definition) is 0. The zero-order valence-electron chi connectivity index (χ0n) is 11.0. The Hall–Kier alpha value is -2.10.